The molecule has 82 valence electrons. The van der Waals surface area contributed by atoms with Gasteiger partial charge in [0.25, 0.3) is 5.91 Å². The first kappa shape index (κ1) is 12.1. The molecule has 1 rings (SSSR count). The van der Waals surface area contributed by atoms with Crippen LogP contribution in [-0.4, -0.2) is 26.0 Å². The van der Waals surface area contributed by atoms with E-state index >= 15 is 0 Å². The van der Waals surface area contributed by atoms with Gasteiger partial charge in [0.15, 0.2) is 0 Å². The zero-order valence-electron chi connectivity index (χ0n) is 8.31. The van der Waals surface area contributed by atoms with Crippen molar-refractivity contribution < 1.29 is 9.18 Å². The third-order valence-corrected chi connectivity index (χ3v) is 2.24. The highest BCUT2D eigenvalue weighted by Gasteiger charge is 2.07. The van der Waals surface area contributed by atoms with E-state index in [0.29, 0.717) is 23.1 Å². The molecule has 3 nitrogen and oxygen atoms in total. The Hall–Kier alpha value is -0.940. The fourth-order valence-electron chi connectivity index (χ4n) is 1.09. The van der Waals surface area contributed by atoms with Crippen LogP contribution in [0.2, 0.25) is 0 Å². The molecule has 0 spiro atoms. The Morgan fingerprint density at radius 3 is 2.73 bits per heavy atom. The fraction of sp³-hybridized carbons (Fsp3) is 0.300. The number of amides is 1. The molecule has 0 bridgehead atoms. The van der Waals surface area contributed by atoms with Crippen LogP contribution in [0.5, 0.6) is 0 Å². The van der Waals surface area contributed by atoms with Crippen LogP contribution in [0.3, 0.4) is 0 Å². The van der Waals surface area contributed by atoms with Crippen molar-refractivity contribution in [2.75, 3.05) is 20.1 Å². The number of rotatable bonds is 4. The molecule has 5 heteroatoms. The Balaban J connectivity index is 2.65. The highest BCUT2D eigenvalue weighted by molar-refractivity contribution is 9.10. The Morgan fingerprint density at radius 2 is 2.13 bits per heavy atom. The summed E-state index contributed by atoms with van der Waals surface area (Å²) in [5.74, 6) is -0.700. The third kappa shape index (κ3) is 3.97. The van der Waals surface area contributed by atoms with Crippen molar-refractivity contribution in [2.24, 2.45) is 0 Å². The van der Waals surface area contributed by atoms with E-state index in [1.807, 2.05) is 0 Å². The number of carbonyl (C=O) groups is 1. The van der Waals surface area contributed by atoms with E-state index in [9.17, 15) is 9.18 Å². The summed E-state index contributed by atoms with van der Waals surface area (Å²) in [6.07, 6.45) is 0. The number of hydrogen-bond acceptors (Lipinski definition) is 2. The SMILES string of the molecule is CNCCNC(=O)c1cc(F)cc(Br)c1. The number of halogens is 2. The zero-order valence-corrected chi connectivity index (χ0v) is 9.90. The lowest BCUT2D eigenvalue weighted by molar-refractivity contribution is 0.0953. The van der Waals surface area contributed by atoms with E-state index in [1.54, 1.807) is 13.1 Å². The number of nitrogens with one attached hydrogen (secondary N) is 2. The van der Waals surface area contributed by atoms with Crippen molar-refractivity contribution in [3.63, 3.8) is 0 Å². The lowest BCUT2D eigenvalue weighted by Gasteiger charge is -2.05. The van der Waals surface area contributed by atoms with E-state index in [4.69, 9.17) is 0 Å². The van der Waals surface area contributed by atoms with Crippen molar-refractivity contribution in [2.45, 2.75) is 0 Å². The molecule has 1 amide bonds. The Kier molecular flexibility index (Phi) is 4.71. The average molecular weight is 275 g/mol. The smallest absolute Gasteiger partial charge is 0.251 e. The summed E-state index contributed by atoms with van der Waals surface area (Å²) in [6.45, 7) is 1.20. The van der Waals surface area contributed by atoms with Gasteiger partial charge in [0.05, 0.1) is 0 Å². The quantitative estimate of drug-likeness (QED) is 0.818. The van der Waals surface area contributed by atoms with Gasteiger partial charge in [-0.05, 0) is 25.2 Å². The minimum Gasteiger partial charge on any atom is -0.351 e. The first-order chi connectivity index (χ1) is 7.13. The number of benzene rings is 1. The second-order valence-corrected chi connectivity index (χ2v) is 3.93. The molecule has 0 radical (unpaired) electrons. The molecule has 0 saturated carbocycles. The van der Waals surface area contributed by atoms with Crippen molar-refractivity contribution in [1.82, 2.24) is 10.6 Å². The van der Waals surface area contributed by atoms with Gasteiger partial charge in [0.2, 0.25) is 0 Å². The van der Waals surface area contributed by atoms with Crippen LogP contribution in [0.25, 0.3) is 0 Å². The molecule has 0 aromatic heterocycles. The first-order valence-corrected chi connectivity index (χ1v) is 5.31. The minimum absolute atomic E-state index is 0.273. The van der Waals surface area contributed by atoms with Crippen LogP contribution in [0, 0.1) is 5.82 Å². The fourth-order valence-corrected chi connectivity index (χ4v) is 1.55. The molecule has 2 N–H and O–H groups in total. The molecule has 0 heterocycles. The molecule has 15 heavy (non-hydrogen) atoms. The Morgan fingerprint density at radius 1 is 1.40 bits per heavy atom. The molecule has 0 atom stereocenters. The van der Waals surface area contributed by atoms with Gasteiger partial charge in [-0.2, -0.15) is 0 Å². The molecular formula is C10H12BrFN2O. The van der Waals surface area contributed by atoms with E-state index in [-0.39, 0.29) is 5.91 Å². The van der Waals surface area contributed by atoms with Gasteiger partial charge in [-0.25, -0.2) is 4.39 Å². The summed E-state index contributed by atoms with van der Waals surface area (Å²) in [4.78, 5) is 11.5. The topological polar surface area (TPSA) is 41.1 Å². The van der Waals surface area contributed by atoms with Gasteiger partial charge >= 0.3 is 0 Å². The van der Waals surface area contributed by atoms with Crippen LogP contribution >= 0.6 is 15.9 Å². The average Bonchev–Trinajstić information content (AvgIpc) is 2.16. The maximum Gasteiger partial charge on any atom is 0.251 e. The molecule has 1 aromatic rings. The Bertz CT molecular complexity index is 337. The molecule has 0 aliphatic heterocycles. The predicted molar refractivity (Wildman–Crippen MR) is 60.4 cm³/mol. The largest absolute Gasteiger partial charge is 0.351 e. The highest BCUT2D eigenvalue weighted by atomic mass is 79.9. The maximum absolute atomic E-state index is 13.0. The summed E-state index contributed by atoms with van der Waals surface area (Å²) >= 11 is 3.13. The molecule has 0 aliphatic rings. The van der Waals surface area contributed by atoms with Crippen molar-refractivity contribution in [3.05, 3.63) is 34.1 Å². The van der Waals surface area contributed by atoms with Gasteiger partial charge < -0.3 is 10.6 Å². The summed E-state index contributed by atoms with van der Waals surface area (Å²) in [5.41, 5.74) is 0.318. The van der Waals surface area contributed by atoms with Gasteiger partial charge in [0.1, 0.15) is 5.82 Å². The number of carbonyl (C=O) groups excluding carboxylic acids is 1. The van der Waals surface area contributed by atoms with Crippen LogP contribution in [0.4, 0.5) is 4.39 Å². The summed E-state index contributed by atoms with van der Waals surface area (Å²) in [7, 11) is 1.80. The van der Waals surface area contributed by atoms with Crippen molar-refractivity contribution in [1.29, 1.82) is 0 Å². The lowest BCUT2D eigenvalue weighted by Crippen LogP contribution is -2.30. The van der Waals surface area contributed by atoms with E-state index in [1.165, 1.54) is 12.1 Å². The minimum atomic E-state index is -0.428. The molecule has 0 unspecified atom stereocenters. The van der Waals surface area contributed by atoms with Gasteiger partial charge in [-0.3, -0.25) is 4.79 Å². The van der Waals surface area contributed by atoms with Gasteiger partial charge in [-0.15, -0.1) is 0 Å². The first-order valence-electron chi connectivity index (χ1n) is 4.52. The van der Waals surface area contributed by atoms with Gasteiger partial charge in [-0.1, -0.05) is 15.9 Å². The summed E-state index contributed by atoms with van der Waals surface area (Å²) < 4.78 is 13.5. The lowest BCUT2D eigenvalue weighted by atomic mass is 10.2. The molecule has 0 saturated heterocycles. The highest BCUT2D eigenvalue weighted by Crippen LogP contribution is 2.14. The molecule has 0 fully saturated rings. The third-order valence-electron chi connectivity index (χ3n) is 1.79. The maximum atomic E-state index is 13.0. The summed E-state index contributed by atoms with van der Waals surface area (Å²) in [6, 6.07) is 4.10. The van der Waals surface area contributed by atoms with Crippen LogP contribution in [-0.2, 0) is 0 Å². The standard InChI is InChI=1S/C10H12BrFN2O/c1-13-2-3-14-10(15)7-4-8(11)6-9(12)5-7/h4-6,13H,2-3H2,1H3,(H,14,15). The van der Waals surface area contributed by atoms with E-state index < -0.39 is 5.82 Å². The number of likely N-dealkylation sites (N-methyl/N-ethyl adjacent to an activating group) is 1. The van der Waals surface area contributed by atoms with E-state index in [0.717, 1.165) is 0 Å². The van der Waals surface area contributed by atoms with Crippen LogP contribution < -0.4 is 10.6 Å². The second kappa shape index (κ2) is 5.82. The number of hydrogen-bond donors (Lipinski definition) is 2. The molecule has 1 aromatic carbocycles. The predicted octanol–water partition coefficient (Wildman–Crippen LogP) is 1.54. The second-order valence-electron chi connectivity index (χ2n) is 3.02. The molecule has 0 aliphatic carbocycles. The zero-order chi connectivity index (χ0) is 11.3. The van der Waals surface area contributed by atoms with Gasteiger partial charge in [0, 0.05) is 23.1 Å². The molecular weight excluding hydrogens is 263 g/mol. The summed E-state index contributed by atoms with van der Waals surface area (Å²) in [5, 5.41) is 5.56. The monoisotopic (exact) mass is 274 g/mol. The van der Waals surface area contributed by atoms with E-state index in [2.05, 4.69) is 26.6 Å². The van der Waals surface area contributed by atoms with Crippen LogP contribution in [0.15, 0.2) is 22.7 Å². The van der Waals surface area contributed by atoms with Crippen molar-refractivity contribution >= 4 is 21.8 Å². The normalized spacial score (nSPS) is 10.1. The Labute approximate surface area is 96.2 Å². The van der Waals surface area contributed by atoms with Crippen LogP contribution in [0.1, 0.15) is 10.4 Å². The van der Waals surface area contributed by atoms with Crippen molar-refractivity contribution in [3.8, 4) is 0 Å².